The van der Waals surface area contributed by atoms with Crippen molar-refractivity contribution in [2.75, 3.05) is 6.54 Å². The molecule has 0 bridgehead atoms. The Balaban J connectivity index is 2.21. The van der Waals surface area contributed by atoms with Gasteiger partial charge in [0.2, 0.25) is 0 Å². The van der Waals surface area contributed by atoms with Crippen LogP contribution in [-0.4, -0.2) is 6.54 Å². The molecule has 0 aliphatic carbocycles. The Hall–Kier alpha value is -1.30. The van der Waals surface area contributed by atoms with Crippen LogP contribution >= 0.6 is 11.3 Å². The third kappa shape index (κ3) is 2.93. The Morgan fingerprint density at radius 1 is 1.39 bits per heavy atom. The highest BCUT2D eigenvalue weighted by Crippen LogP contribution is 2.32. The van der Waals surface area contributed by atoms with Crippen LogP contribution in [0.4, 0.5) is 0 Å². The lowest BCUT2D eigenvalue weighted by Gasteiger charge is -2.17. The zero-order valence-corrected chi connectivity index (χ0v) is 11.6. The second kappa shape index (κ2) is 6.58. The van der Waals surface area contributed by atoms with E-state index in [1.54, 1.807) is 0 Å². The standard InChI is InChI=1S/C16H19NS/c1-3-5-6-10-15(17-4-2)14-12-18-16-11-8-7-9-13(14)16/h1,7-9,11-12,15,17H,4-6,10H2,2H3. The highest BCUT2D eigenvalue weighted by atomic mass is 32.1. The molecule has 2 aromatic rings. The van der Waals surface area contributed by atoms with E-state index in [1.165, 1.54) is 15.6 Å². The first-order valence-electron chi connectivity index (χ1n) is 6.49. The van der Waals surface area contributed by atoms with E-state index in [4.69, 9.17) is 6.42 Å². The third-order valence-corrected chi connectivity index (χ3v) is 4.13. The summed E-state index contributed by atoms with van der Waals surface area (Å²) in [5.41, 5.74) is 1.43. The van der Waals surface area contributed by atoms with E-state index in [0.717, 1.165) is 25.8 Å². The molecule has 1 nitrogen and oxygen atoms in total. The molecule has 0 fully saturated rings. The maximum atomic E-state index is 5.33. The van der Waals surface area contributed by atoms with Gasteiger partial charge in [0, 0.05) is 17.2 Å². The lowest BCUT2D eigenvalue weighted by atomic mass is 10.0. The van der Waals surface area contributed by atoms with Crippen molar-refractivity contribution in [3.8, 4) is 12.3 Å². The van der Waals surface area contributed by atoms with Crippen molar-refractivity contribution in [1.29, 1.82) is 0 Å². The van der Waals surface area contributed by atoms with Crippen molar-refractivity contribution >= 4 is 21.4 Å². The van der Waals surface area contributed by atoms with E-state index in [1.807, 2.05) is 11.3 Å². The molecule has 1 aromatic heterocycles. The quantitative estimate of drug-likeness (QED) is 0.599. The molecule has 0 amide bonds. The fourth-order valence-electron chi connectivity index (χ4n) is 2.29. The van der Waals surface area contributed by atoms with Crippen LogP contribution in [0.5, 0.6) is 0 Å². The molecule has 1 heterocycles. The summed E-state index contributed by atoms with van der Waals surface area (Å²) in [6, 6.07) is 9.05. The second-order valence-corrected chi connectivity index (χ2v) is 5.31. The maximum absolute atomic E-state index is 5.33. The molecule has 2 rings (SSSR count). The summed E-state index contributed by atoms with van der Waals surface area (Å²) < 4.78 is 1.37. The molecule has 0 saturated carbocycles. The van der Waals surface area contributed by atoms with Gasteiger partial charge in [0.1, 0.15) is 0 Å². The number of unbranched alkanes of at least 4 members (excludes halogenated alkanes) is 1. The molecule has 0 spiro atoms. The minimum absolute atomic E-state index is 0.430. The van der Waals surface area contributed by atoms with Crippen LogP contribution in [0.1, 0.15) is 37.8 Å². The van der Waals surface area contributed by atoms with Crippen molar-refractivity contribution in [2.24, 2.45) is 0 Å². The summed E-state index contributed by atoms with van der Waals surface area (Å²) >= 11 is 1.83. The van der Waals surface area contributed by atoms with Crippen molar-refractivity contribution in [3.05, 3.63) is 35.2 Å². The highest BCUT2D eigenvalue weighted by Gasteiger charge is 2.14. The van der Waals surface area contributed by atoms with Gasteiger partial charge in [-0.25, -0.2) is 0 Å². The summed E-state index contributed by atoms with van der Waals surface area (Å²) in [6.45, 7) is 3.15. The SMILES string of the molecule is C#CCCCC(NCC)c1csc2ccccc12. The van der Waals surface area contributed by atoms with Gasteiger partial charge in [0.05, 0.1) is 0 Å². The number of hydrogen-bond acceptors (Lipinski definition) is 2. The summed E-state index contributed by atoms with van der Waals surface area (Å²) in [7, 11) is 0. The van der Waals surface area contributed by atoms with Crippen LogP contribution in [0.15, 0.2) is 29.6 Å². The predicted octanol–water partition coefficient (Wildman–Crippen LogP) is 4.36. The van der Waals surface area contributed by atoms with Crippen LogP contribution < -0.4 is 5.32 Å². The Morgan fingerprint density at radius 2 is 2.22 bits per heavy atom. The number of benzene rings is 1. The van der Waals surface area contributed by atoms with E-state index in [9.17, 15) is 0 Å². The monoisotopic (exact) mass is 257 g/mol. The van der Waals surface area contributed by atoms with Crippen LogP contribution in [0, 0.1) is 12.3 Å². The van der Waals surface area contributed by atoms with E-state index in [-0.39, 0.29) is 0 Å². The zero-order valence-electron chi connectivity index (χ0n) is 10.8. The molecule has 18 heavy (non-hydrogen) atoms. The maximum Gasteiger partial charge on any atom is 0.0346 e. The van der Waals surface area contributed by atoms with E-state index >= 15 is 0 Å². The van der Waals surface area contributed by atoms with Crippen LogP contribution in [0.25, 0.3) is 10.1 Å². The first-order chi connectivity index (χ1) is 8.86. The third-order valence-electron chi connectivity index (χ3n) is 3.15. The molecule has 1 aromatic carbocycles. The molecule has 0 saturated heterocycles. The van der Waals surface area contributed by atoms with E-state index < -0.39 is 0 Å². The molecule has 0 aliphatic heterocycles. The van der Waals surface area contributed by atoms with Gasteiger partial charge < -0.3 is 5.32 Å². The number of nitrogens with one attached hydrogen (secondary N) is 1. The smallest absolute Gasteiger partial charge is 0.0346 e. The lowest BCUT2D eigenvalue weighted by molar-refractivity contribution is 0.506. The van der Waals surface area contributed by atoms with Gasteiger partial charge in [-0.3, -0.25) is 0 Å². The van der Waals surface area contributed by atoms with Gasteiger partial charge in [-0.1, -0.05) is 25.1 Å². The number of fused-ring (bicyclic) bond motifs is 1. The van der Waals surface area contributed by atoms with Gasteiger partial charge in [0.25, 0.3) is 0 Å². The average Bonchev–Trinajstić information content (AvgIpc) is 2.82. The van der Waals surface area contributed by atoms with Gasteiger partial charge in [-0.2, -0.15) is 0 Å². The lowest BCUT2D eigenvalue weighted by Crippen LogP contribution is -2.20. The molecule has 1 unspecified atom stereocenters. The normalized spacial score (nSPS) is 12.4. The molecule has 1 atom stereocenters. The van der Waals surface area contributed by atoms with Gasteiger partial charge in [0.15, 0.2) is 0 Å². The molecular weight excluding hydrogens is 238 g/mol. The van der Waals surface area contributed by atoms with Gasteiger partial charge in [-0.05, 0) is 41.8 Å². The molecular formula is C16H19NS. The van der Waals surface area contributed by atoms with Gasteiger partial charge >= 0.3 is 0 Å². The minimum atomic E-state index is 0.430. The van der Waals surface area contributed by atoms with Crippen molar-refractivity contribution in [2.45, 2.75) is 32.2 Å². The molecule has 0 aliphatic rings. The molecule has 94 valence electrons. The highest BCUT2D eigenvalue weighted by molar-refractivity contribution is 7.17. The molecule has 0 radical (unpaired) electrons. The number of terminal acetylenes is 1. The summed E-state index contributed by atoms with van der Waals surface area (Å²) in [6.07, 6.45) is 8.39. The van der Waals surface area contributed by atoms with Crippen LogP contribution in [0.3, 0.4) is 0 Å². The van der Waals surface area contributed by atoms with E-state index in [2.05, 4.69) is 47.8 Å². The van der Waals surface area contributed by atoms with Crippen molar-refractivity contribution in [3.63, 3.8) is 0 Å². The summed E-state index contributed by atoms with van der Waals surface area (Å²) in [4.78, 5) is 0. The minimum Gasteiger partial charge on any atom is -0.310 e. The van der Waals surface area contributed by atoms with Crippen molar-refractivity contribution < 1.29 is 0 Å². The fourth-order valence-corrected chi connectivity index (χ4v) is 3.31. The first kappa shape index (κ1) is 13.1. The summed E-state index contributed by atoms with van der Waals surface area (Å²) in [5.74, 6) is 2.72. The summed E-state index contributed by atoms with van der Waals surface area (Å²) in [5, 5.41) is 7.24. The fraction of sp³-hybridized carbons (Fsp3) is 0.375. The molecule has 2 heteroatoms. The Labute approximate surface area is 113 Å². The number of hydrogen-bond donors (Lipinski definition) is 1. The number of rotatable bonds is 6. The van der Waals surface area contributed by atoms with Gasteiger partial charge in [-0.15, -0.1) is 23.7 Å². The molecule has 1 N–H and O–H groups in total. The largest absolute Gasteiger partial charge is 0.310 e. The number of thiophene rings is 1. The Bertz CT molecular complexity index is 535. The average molecular weight is 257 g/mol. The Kier molecular flexibility index (Phi) is 4.81. The van der Waals surface area contributed by atoms with Crippen LogP contribution in [0.2, 0.25) is 0 Å². The Morgan fingerprint density at radius 3 is 3.00 bits per heavy atom. The van der Waals surface area contributed by atoms with Crippen LogP contribution in [-0.2, 0) is 0 Å². The van der Waals surface area contributed by atoms with Crippen molar-refractivity contribution in [1.82, 2.24) is 5.32 Å². The predicted molar refractivity (Wildman–Crippen MR) is 80.9 cm³/mol. The topological polar surface area (TPSA) is 12.0 Å². The second-order valence-electron chi connectivity index (χ2n) is 4.39. The first-order valence-corrected chi connectivity index (χ1v) is 7.37. The van der Waals surface area contributed by atoms with E-state index in [0.29, 0.717) is 6.04 Å². The zero-order chi connectivity index (χ0) is 12.8.